The van der Waals surface area contributed by atoms with Crippen molar-refractivity contribution in [1.29, 1.82) is 0 Å². The number of aryl methyl sites for hydroxylation is 1. The number of nitrogens with two attached hydrogens (primary N) is 1. The summed E-state index contributed by atoms with van der Waals surface area (Å²) in [5.41, 5.74) is 5.87. The second kappa shape index (κ2) is 9.29. The highest BCUT2D eigenvalue weighted by molar-refractivity contribution is 5.94. The molecule has 3 heterocycles. The Morgan fingerprint density at radius 3 is 2.65 bits per heavy atom. The van der Waals surface area contributed by atoms with Crippen LogP contribution in [0.5, 0.6) is 17.2 Å². The number of halogens is 5. The minimum Gasteiger partial charge on any atom is -0.491 e. The normalized spacial score (nSPS) is 12.9. The van der Waals surface area contributed by atoms with Crippen LogP contribution < -0.4 is 20.5 Å². The lowest BCUT2D eigenvalue weighted by atomic mass is 10.3. The molecule has 3 aromatic rings. The Bertz CT molecular complexity index is 1270. The van der Waals surface area contributed by atoms with Gasteiger partial charge in [-0.15, -0.1) is 0 Å². The molecule has 0 aromatic carbocycles. The average molecular weight is 485 g/mol. The zero-order chi connectivity index (χ0) is 25.1. The van der Waals surface area contributed by atoms with Gasteiger partial charge >= 0.3 is 12.1 Å². The molecule has 0 fully saturated rings. The maximum Gasteiger partial charge on any atom is 0.457 e. The van der Waals surface area contributed by atoms with E-state index in [0.29, 0.717) is 18.2 Å². The number of pyridine rings is 2. The lowest BCUT2D eigenvalue weighted by Gasteiger charge is -2.14. The fourth-order valence-electron chi connectivity index (χ4n) is 2.66. The molecule has 0 spiro atoms. The fraction of sp³-hybridized carbons (Fsp3) is 0.211. The Morgan fingerprint density at radius 1 is 1.26 bits per heavy atom. The van der Waals surface area contributed by atoms with Crippen LogP contribution in [0.15, 0.2) is 41.7 Å². The number of amides is 1. The van der Waals surface area contributed by atoms with Crippen molar-refractivity contribution in [3.8, 4) is 17.2 Å². The number of carbonyl (C=O) groups excluding carboxylic acids is 1. The highest BCUT2D eigenvalue weighted by atomic mass is 19.4. The number of alkyl halides is 5. The van der Waals surface area contributed by atoms with Crippen LogP contribution in [0.4, 0.5) is 33.7 Å². The fourth-order valence-corrected chi connectivity index (χ4v) is 2.66. The number of aromatic nitrogens is 4. The molecule has 3 rings (SSSR count). The van der Waals surface area contributed by atoms with Gasteiger partial charge in [0.25, 0.3) is 0 Å². The SMILES string of the molecule is COc1c(Oc2ccnc(NC=O)c2)cnc2nc(N=C(N)/C=C/C(F)(F)C(F)(F)F)n(C)c12. The third-order valence-electron chi connectivity index (χ3n) is 4.24. The van der Waals surface area contributed by atoms with Crippen LogP contribution in [0.25, 0.3) is 11.2 Å². The average Bonchev–Trinajstić information content (AvgIpc) is 3.07. The standard InChI is InChI=1S/C19H16F5N7O3/c1-31-14-15(33-2)11(34-10-4-6-26-13(7-10)28-9-32)8-27-16(14)30-17(31)29-12(25)3-5-18(20,21)19(22,23)24/h3-9H,1-2H3,(H,26,28,32)(H2,25,27,29,30)/b5-3+. The first-order valence-corrected chi connectivity index (χ1v) is 9.18. The molecule has 0 aliphatic rings. The van der Waals surface area contributed by atoms with Gasteiger partial charge in [0, 0.05) is 19.3 Å². The molecule has 10 nitrogen and oxygen atoms in total. The van der Waals surface area contributed by atoms with Crippen LogP contribution in [-0.4, -0.2) is 51.0 Å². The lowest BCUT2D eigenvalue weighted by molar-refractivity contribution is -0.259. The Labute approximate surface area is 187 Å². The molecule has 0 saturated heterocycles. The van der Waals surface area contributed by atoms with Crippen LogP contribution in [0.1, 0.15) is 0 Å². The van der Waals surface area contributed by atoms with Crippen LogP contribution in [-0.2, 0) is 11.8 Å². The number of imidazole rings is 1. The molecule has 0 aliphatic carbocycles. The van der Waals surface area contributed by atoms with E-state index in [4.69, 9.17) is 15.2 Å². The minimum absolute atomic E-state index is 0.112. The number of hydrogen-bond donors (Lipinski definition) is 2. The van der Waals surface area contributed by atoms with Crippen LogP contribution >= 0.6 is 0 Å². The zero-order valence-electron chi connectivity index (χ0n) is 17.5. The Morgan fingerprint density at radius 2 is 2.00 bits per heavy atom. The molecule has 0 atom stereocenters. The molecule has 0 radical (unpaired) electrons. The first-order chi connectivity index (χ1) is 16.0. The molecule has 0 aliphatic heterocycles. The Balaban J connectivity index is 1.97. The van der Waals surface area contributed by atoms with Gasteiger partial charge in [0.1, 0.15) is 22.9 Å². The summed E-state index contributed by atoms with van der Waals surface area (Å²) in [5.74, 6) is -5.03. The molecular formula is C19H16F5N7O3. The Hall–Kier alpha value is -4.30. The Kier molecular flexibility index (Phi) is 6.65. The number of anilines is 1. The van der Waals surface area contributed by atoms with Gasteiger partial charge in [0.05, 0.1) is 13.3 Å². The summed E-state index contributed by atoms with van der Waals surface area (Å²) in [6.45, 7) is 0. The van der Waals surface area contributed by atoms with Gasteiger partial charge in [-0.3, -0.25) is 4.79 Å². The first kappa shape index (κ1) is 24.3. The maximum atomic E-state index is 13.1. The van der Waals surface area contributed by atoms with E-state index in [1.165, 1.54) is 43.3 Å². The predicted molar refractivity (Wildman–Crippen MR) is 110 cm³/mol. The smallest absolute Gasteiger partial charge is 0.457 e. The number of rotatable bonds is 8. The van der Waals surface area contributed by atoms with Crippen molar-refractivity contribution in [2.75, 3.05) is 12.4 Å². The van der Waals surface area contributed by atoms with Crippen molar-refractivity contribution in [2.45, 2.75) is 12.1 Å². The largest absolute Gasteiger partial charge is 0.491 e. The van der Waals surface area contributed by atoms with Crippen molar-refractivity contribution < 1.29 is 36.2 Å². The lowest BCUT2D eigenvalue weighted by Crippen LogP contribution is -2.34. The zero-order valence-corrected chi connectivity index (χ0v) is 17.5. The van der Waals surface area contributed by atoms with Crippen molar-refractivity contribution in [3.63, 3.8) is 0 Å². The van der Waals surface area contributed by atoms with Crippen molar-refractivity contribution in [2.24, 2.45) is 17.8 Å². The van der Waals surface area contributed by atoms with Gasteiger partial charge in [-0.25, -0.2) is 9.97 Å². The highest BCUT2D eigenvalue weighted by Crippen LogP contribution is 2.38. The molecule has 1 amide bonds. The van der Waals surface area contributed by atoms with Crippen molar-refractivity contribution in [3.05, 3.63) is 36.7 Å². The third kappa shape index (κ3) is 5.02. The van der Waals surface area contributed by atoms with E-state index >= 15 is 0 Å². The molecule has 15 heteroatoms. The number of methoxy groups -OCH3 is 1. The second-order valence-corrected chi connectivity index (χ2v) is 6.53. The quantitative estimate of drug-likeness (QED) is 0.216. The van der Waals surface area contributed by atoms with Gasteiger partial charge in [-0.2, -0.15) is 31.9 Å². The summed E-state index contributed by atoms with van der Waals surface area (Å²) in [6.07, 6.45) is -2.70. The third-order valence-corrected chi connectivity index (χ3v) is 4.24. The number of carbonyl (C=O) groups is 1. The van der Waals surface area contributed by atoms with Gasteiger partial charge < -0.3 is 25.1 Å². The molecule has 180 valence electrons. The topological polar surface area (TPSA) is 130 Å². The molecule has 0 bridgehead atoms. The van der Waals surface area contributed by atoms with E-state index in [-0.39, 0.29) is 34.4 Å². The van der Waals surface area contributed by atoms with E-state index in [1.54, 1.807) is 0 Å². The van der Waals surface area contributed by atoms with E-state index in [1.807, 2.05) is 0 Å². The number of amidine groups is 1. The molecule has 34 heavy (non-hydrogen) atoms. The van der Waals surface area contributed by atoms with Crippen LogP contribution in [0, 0.1) is 0 Å². The van der Waals surface area contributed by atoms with Crippen molar-refractivity contribution >= 4 is 35.2 Å². The number of ether oxygens (including phenoxy) is 2. The first-order valence-electron chi connectivity index (χ1n) is 9.18. The van der Waals surface area contributed by atoms with E-state index < -0.39 is 24.0 Å². The molecule has 0 saturated carbocycles. The maximum absolute atomic E-state index is 13.1. The summed E-state index contributed by atoms with van der Waals surface area (Å²) in [6, 6.07) is 2.96. The summed E-state index contributed by atoms with van der Waals surface area (Å²) in [7, 11) is 2.82. The van der Waals surface area contributed by atoms with Gasteiger partial charge in [-0.05, 0) is 18.2 Å². The molecule has 3 aromatic heterocycles. The molecule has 0 unspecified atom stereocenters. The number of aliphatic imine (C=N–C) groups is 1. The van der Waals surface area contributed by atoms with Gasteiger partial charge in [0.2, 0.25) is 12.4 Å². The number of nitrogens with zero attached hydrogens (tertiary/aromatic N) is 5. The predicted octanol–water partition coefficient (Wildman–Crippen LogP) is 3.48. The summed E-state index contributed by atoms with van der Waals surface area (Å²) in [4.78, 5) is 26.5. The summed E-state index contributed by atoms with van der Waals surface area (Å²) < 4.78 is 75.5. The molecule has 3 N–H and O–H groups in total. The second-order valence-electron chi connectivity index (χ2n) is 6.53. The summed E-state index contributed by atoms with van der Waals surface area (Å²) >= 11 is 0. The summed E-state index contributed by atoms with van der Waals surface area (Å²) in [5, 5.41) is 2.38. The highest BCUT2D eigenvalue weighted by Gasteiger charge is 2.55. The number of fused-ring (bicyclic) bond motifs is 1. The van der Waals surface area contributed by atoms with E-state index in [0.717, 1.165) is 0 Å². The monoisotopic (exact) mass is 485 g/mol. The van der Waals surface area contributed by atoms with E-state index in [2.05, 4.69) is 25.3 Å². The van der Waals surface area contributed by atoms with Crippen LogP contribution in [0.2, 0.25) is 0 Å². The van der Waals surface area contributed by atoms with Crippen LogP contribution in [0.3, 0.4) is 0 Å². The van der Waals surface area contributed by atoms with Crippen molar-refractivity contribution in [1.82, 2.24) is 19.5 Å². The van der Waals surface area contributed by atoms with Gasteiger partial charge in [0.15, 0.2) is 17.1 Å². The molecular weight excluding hydrogens is 469 g/mol. The van der Waals surface area contributed by atoms with Gasteiger partial charge in [-0.1, -0.05) is 0 Å². The number of allylic oxidation sites excluding steroid dienone is 1. The number of nitrogens with one attached hydrogen (secondary N) is 1. The minimum atomic E-state index is -5.77. The van der Waals surface area contributed by atoms with E-state index in [9.17, 15) is 26.7 Å². The number of hydrogen-bond acceptors (Lipinski definition) is 7.